The van der Waals surface area contributed by atoms with Crippen molar-refractivity contribution < 1.29 is 24.5 Å². The Labute approximate surface area is 545 Å². The van der Waals surface area contributed by atoms with E-state index in [1.54, 1.807) is 6.08 Å². The minimum atomic E-state index is -0.843. The molecular weight excluding hydrogens is 1070 g/mol. The van der Waals surface area contributed by atoms with Crippen LogP contribution in [-0.2, 0) is 14.3 Å². The third-order valence-corrected chi connectivity index (χ3v) is 19.0. The summed E-state index contributed by atoms with van der Waals surface area (Å²) in [6.07, 6.45) is 98.7. The molecule has 0 aromatic carbocycles. The van der Waals surface area contributed by atoms with Crippen LogP contribution in [0, 0.1) is 0 Å². The van der Waals surface area contributed by atoms with Crippen molar-refractivity contribution in [3.63, 3.8) is 0 Å². The summed E-state index contributed by atoms with van der Waals surface area (Å²) in [7, 11) is 0. The molecule has 0 heterocycles. The summed E-state index contributed by atoms with van der Waals surface area (Å²) >= 11 is 0. The van der Waals surface area contributed by atoms with E-state index in [-0.39, 0.29) is 18.5 Å². The zero-order valence-electron chi connectivity index (χ0n) is 59.3. The van der Waals surface area contributed by atoms with E-state index >= 15 is 0 Å². The number of hydrogen-bond donors (Lipinski definition) is 3. The summed E-state index contributed by atoms with van der Waals surface area (Å²) in [5, 5.41) is 23.3. The first kappa shape index (κ1) is 85.3. The summed E-state index contributed by atoms with van der Waals surface area (Å²) in [6, 6.07) is -0.626. The SMILES string of the molecule is CCCCCCCCC/C=C\CCCCCCCC(=O)OCCCCCCCCCCCCCCCCCCCCCCCCCCCCCCCCC(=O)NC(CO)C(O)/C=C/CCCCCCCCCCCCCCCCCCCCCCCC. The van der Waals surface area contributed by atoms with Gasteiger partial charge in [-0.3, -0.25) is 9.59 Å². The largest absolute Gasteiger partial charge is 0.466 e. The molecule has 0 saturated carbocycles. The minimum absolute atomic E-state index is 0.0135. The Kier molecular flexibility index (Phi) is 75.3. The molecule has 3 N–H and O–H groups in total. The minimum Gasteiger partial charge on any atom is -0.466 e. The number of rotatable bonds is 76. The molecule has 6 nitrogen and oxygen atoms in total. The van der Waals surface area contributed by atoms with Gasteiger partial charge >= 0.3 is 5.97 Å². The number of aliphatic hydroxyl groups is 2. The standard InChI is InChI=1S/C81H157NO5/c1-3-5-7-9-11-13-15-17-19-21-22-23-24-33-36-39-42-45-49-53-57-61-65-69-73-79(84)78(77-83)82-80(85)74-70-66-62-58-54-50-46-43-40-37-34-31-29-27-25-26-28-30-32-35-38-41-44-48-52-56-60-64-68-72-76-87-81(86)75-71-67-63-59-55-51-47-20-18-16-14-12-10-8-6-4-2/h20,47,69,73,78-79,83-84H,3-19,21-46,48-68,70-72,74-77H2,1-2H3,(H,82,85)/b47-20-,73-69+. The van der Waals surface area contributed by atoms with Crippen LogP contribution in [0.4, 0.5) is 0 Å². The summed E-state index contributed by atoms with van der Waals surface area (Å²) < 4.78 is 5.50. The lowest BCUT2D eigenvalue weighted by Gasteiger charge is -2.20. The van der Waals surface area contributed by atoms with Crippen LogP contribution < -0.4 is 5.32 Å². The molecule has 0 aromatic heterocycles. The van der Waals surface area contributed by atoms with Crippen LogP contribution in [0.15, 0.2) is 24.3 Å². The van der Waals surface area contributed by atoms with E-state index in [0.717, 1.165) is 44.9 Å². The van der Waals surface area contributed by atoms with Gasteiger partial charge < -0.3 is 20.3 Å². The summed E-state index contributed by atoms with van der Waals surface area (Å²) in [6.45, 7) is 4.95. The molecule has 87 heavy (non-hydrogen) atoms. The maximum Gasteiger partial charge on any atom is 0.305 e. The molecule has 0 radical (unpaired) electrons. The Morgan fingerprint density at radius 3 is 0.816 bits per heavy atom. The third-order valence-electron chi connectivity index (χ3n) is 19.0. The number of nitrogens with one attached hydrogen (secondary N) is 1. The van der Waals surface area contributed by atoms with Gasteiger partial charge in [0.15, 0.2) is 0 Å². The van der Waals surface area contributed by atoms with Gasteiger partial charge in [0.1, 0.15) is 0 Å². The van der Waals surface area contributed by atoms with Crippen LogP contribution >= 0.6 is 0 Å². The highest BCUT2D eigenvalue weighted by molar-refractivity contribution is 5.76. The lowest BCUT2D eigenvalue weighted by Crippen LogP contribution is -2.45. The lowest BCUT2D eigenvalue weighted by molar-refractivity contribution is -0.143. The predicted octanol–water partition coefficient (Wildman–Crippen LogP) is 26.4. The number of esters is 1. The van der Waals surface area contributed by atoms with Gasteiger partial charge in [-0.05, 0) is 57.8 Å². The third kappa shape index (κ3) is 73.3. The Morgan fingerprint density at radius 2 is 0.540 bits per heavy atom. The van der Waals surface area contributed by atoms with Gasteiger partial charge in [-0.2, -0.15) is 0 Å². The summed E-state index contributed by atoms with van der Waals surface area (Å²) in [4.78, 5) is 24.7. The smallest absolute Gasteiger partial charge is 0.305 e. The first-order chi connectivity index (χ1) is 43.0. The maximum atomic E-state index is 12.6. The van der Waals surface area contributed by atoms with Gasteiger partial charge in [-0.1, -0.05) is 411 Å². The highest BCUT2D eigenvalue weighted by Gasteiger charge is 2.18. The van der Waals surface area contributed by atoms with Crippen molar-refractivity contribution >= 4 is 11.9 Å². The fourth-order valence-corrected chi connectivity index (χ4v) is 12.9. The quantitative estimate of drug-likeness (QED) is 0.0320. The zero-order valence-corrected chi connectivity index (χ0v) is 59.3. The van der Waals surface area contributed by atoms with E-state index in [4.69, 9.17) is 4.74 Å². The van der Waals surface area contributed by atoms with Crippen molar-refractivity contribution in [3.8, 4) is 0 Å². The molecule has 0 spiro atoms. The van der Waals surface area contributed by atoms with Crippen molar-refractivity contribution in [3.05, 3.63) is 24.3 Å². The molecule has 0 aliphatic carbocycles. The highest BCUT2D eigenvalue weighted by atomic mass is 16.5. The van der Waals surface area contributed by atoms with Crippen LogP contribution in [0.3, 0.4) is 0 Å². The van der Waals surface area contributed by atoms with E-state index in [0.29, 0.717) is 19.4 Å². The Balaban J connectivity index is 3.36. The van der Waals surface area contributed by atoms with Crippen molar-refractivity contribution in [1.82, 2.24) is 5.32 Å². The number of allylic oxidation sites excluding steroid dienone is 3. The molecule has 1 amide bonds. The summed E-state index contributed by atoms with van der Waals surface area (Å²) in [5.74, 6) is -0.0452. The van der Waals surface area contributed by atoms with Gasteiger partial charge in [-0.25, -0.2) is 0 Å². The first-order valence-electron chi connectivity index (χ1n) is 40.1. The number of unbranched alkanes of at least 4 members (excludes halogenated alkanes) is 63. The average Bonchev–Trinajstić information content (AvgIpc) is 3.53. The van der Waals surface area contributed by atoms with Crippen molar-refractivity contribution in [1.29, 1.82) is 0 Å². The van der Waals surface area contributed by atoms with E-state index in [1.165, 1.54) is 385 Å². The van der Waals surface area contributed by atoms with Gasteiger partial charge in [0, 0.05) is 12.8 Å². The second kappa shape index (κ2) is 76.8. The fourth-order valence-electron chi connectivity index (χ4n) is 12.9. The van der Waals surface area contributed by atoms with E-state index < -0.39 is 12.1 Å². The number of carbonyl (C=O) groups is 2. The van der Waals surface area contributed by atoms with Crippen LogP contribution in [0.2, 0.25) is 0 Å². The average molecular weight is 1230 g/mol. The number of aliphatic hydroxyl groups excluding tert-OH is 2. The van der Waals surface area contributed by atoms with Crippen molar-refractivity contribution in [2.45, 2.75) is 469 Å². The lowest BCUT2D eigenvalue weighted by atomic mass is 10.0. The Morgan fingerprint density at radius 1 is 0.310 bits per heavy atom. The highest BCUT2D eigenvalue weighted by Crippen LogP contribution is 2.20. The van der Waals surface area contributed by atoms with Crippen LogP contribution in [0.1, 0.15) is 457 Å². The first-order valence-corrected chi connectivity index (χ1v) is 40.1. The Hall–Kier alpha value is -1.66. The van der Waals surface area contributed by atoms with Crippen molar-refractivity contribution in [2.75, 3.05) is 13.2 Å². The Bertz CT molecular complexity index is 1360. The maximum absolute atomic E-state index is 12.6. The molecule has 0 fully saturated rings. The molecule has 0 aromatic rings. The fraction of sp³-hybridized carbons (Fsp3) is 0.926. The molecule has 0 aliphatic rings. The van der Waals surface area contributed by atoms with Crippen LogP contribution in [-0.4, -0.2) is 47.4 Å². The van der Waals surface area contributed by atoms with E-state index in [9.17, 15) is 19.8 Å². The topological polar surface area (TPSA) is 95.9 Å². The van der Waals surface area contributed by atoms with Crippen LogP contribution in [0.5, 0.6) is 0 Å². The second-order valence-corrected chi connectivity index (χ2v) is 27.8. The predicted molar refractivity (Wildman–Crippen MR) is 384 cm³/mol. The second-order valence-electron chi connectivity index (χ2n) is 27.8. The normalized spacial score (nSPS) is 12.6. The number of ether oxygens (including phenoxy) is 1. The van der Waals surface area contributed by atoms with Crippen LogP contribution in [0.25, 0.3) is 0 Å². The molecule has 0 rings (SSSR count). The van der Waals surface area contributed by atoms with Gasteiger partial charge in [0.25, 0.3) is 0 Å². The van der Waals surface area contributed by atoms with Gasteiger partial charge in [0.2, 0.25) is 5.91 Å². The molecule has 6 heteroatoms. The van der Waals surface area contributed by atoms with Gasteiger partial charge in [-0.15, -0.1) is 0 Å². The molecule has 516 valence electrons. The monoisotopic (exact) mass is 1220 g/mol. The molecule has 2 unspecified atom stereocenters. The molecule has 0 aliphatic heterocycles. The summed E-state index contributed by atoms with van der Waals surface area (Å²) in [5.41, 5.74) is 0. The number of amides is 1. The molecule has 0 saturated heterocycles. The number of hydrogen-bond acceptors (Lipinski definition) is 5. The van der Waals surface area contributed by atoms with E-state index in [1.807, 2.05) is 6.08 Å². The number of carbonyl (C=O) groups excluding carboxylic acids is 2. The molecule has 0 bridgehead atoms. The van der Waals surface area contributed by atoms with Crippen molar-refractivity contribution in [2.24, 2.45) is 0 Å². The van der Waals surface area contributed by atoms with E-state index in [2.05, 4.69) is 31.3 Å². The zero-order chi connectivity index (χ0) is 62.8. The van der Waals surface area contributed by atoms with Gasteiger partial charge in [0.05, 0.1) is 25.4 Å². The molecule has 2 atom stereocenters. The molecular formula is C81H157NO5.